The Hall–Kier alpha value is -1.45. The van der Waals surface area contributed by atoms with Gasteiger partial charge < -0.3 is 5.32 Å². The van der Waals surface area contributed by atoms with E-state index in [4.69, 9.17) is 0 Å². The molecular formula is C26H39N2O2+. The highest BCUT2D eigenvalue weighted by atomic mass is 16.2. The molecular weight excluding hydrogens is 372 g/mol. The second-order valence-electron chi connectivity index (χ2n) is 11.5. The maximum atomic E-state index is 13.6. The zero-order valence-electron chi connectivity index (χ0n) is 18.9. The Morgan fingerprint density at radius 3 is 2.60 bits per heavy atom. The Kier molecular flexibility index (Phi) is 4.98. The van der Waals surface area contributed by atoms with Crippen molar-refractivity contribution in [2.24, 2.45) is 34.5 Å². The van der Waals surface area contributed by atoms with E-state index in [0.29, 0.717) is 36.1 Å². The van der Waals surface area contributed by atoms with E-state index in [0.717, 1.165) is 38.6 Å². The summed E-state index contributed by atoms with van der Waals surface area (Å²) in [5, 5.41) is 3.67. The second kappa shape index (κ2) is 7.31. The van der Waals surface area contributed by atoms with Crippen LogP contribution in [-0.2, 0) is 9.59 Å². The highest BCUT2D eigenvalue weighted by Gasteiger charge is 2.62. The number of hydrogen-bond acceptors (Lipinski definition) is 3. The quantitative estimate of drug-likeness (QED) is 0.539. The molecule has 30 heavy (non-hydrogen) atoms. The van der Waals surface area contributed by atoms with Crippen molar-refractivity contribution in [3.63, 3.8) is 0 Å². The fraction of sp³-hybridized carbons (Fsp3) is 0.808. The number of ketones is 1. The summed E-state index contributed by atoms with van der Waals surface area (Å²) in [7, 11) is 0. The summed E-state index contributed by atoms with van der Waals surface area (Å²) in [4.78, 5) is 25.6. The standard InChI is InChI=1S/C26H38N2O2/c1-25-14-12-21-19(16-27-23-15-18(29)11-13-26(21,23)2)20(25)9-10-22(25)24(30)28(3)17-7-5-4-6-8-17/h15,17,19-22H,3-14,16H2,1-2H3/p+1/t19-,20-,21-,22+,25-,26+/m0/s1. The largest absolute Gasteiger partial charge is 0.390 e. The third-order valence-corrected chi connectivity index (χ3v) is 10.2. The molecule has 0 unspecified atom stereocenters. The number of carbonyl (C=O) groups excluding carboxylic acids is 2. The fourth-order valence-electron chi connectivity index (χ4n) is 8.32. The summed E-state index contributed by atoms with van der Waals surface area (Å²) in [6.07, 6.45) is 14.1. The van der Waals surface area contributed by atoms with Crippen LogP contribution in [0, 0.1) is 34.5 Å². The number of hydrogen-bond donors (Lipinski definition) is 1. The van der Waals surface area contributed by atoms with Gasteiger partial charge in [-0.25, -0.2) is 4.79 Å². The van der Waals surface area contributed by atoms with E-state index >= 15 is 0 Å². The van der Waals surface area contributed by atoms with E-state index in [9.17, 15) is 9.59 Å². The van der Waals surface area contributed by atoms with Crippen LogP contribution in [-0.4, -0.2) is 35.6 Å². The number of amides is 1. The van der Waals surface area contributed by atoms with E-state index in [1.54, 1.807) is 0 Å². The first-order valence-corrected chi connectivity index (χ1v) is 12.5. The van der Waals surface area contributed by atoms with Crippen molar-refractivity contribution >= 4 is 18.4 Å². The molecule has 0 bridgehead atoms. The van der Waals surface area contributed by atoms with Crippen molar-refractivity contribution in [3.05, 3.63) is 11.8 Å². The highest BCUT2D eigenvalue weighted by molar-refractivity contribution is 5.91. The third-order valence-electron chi connectivity index (χ3n) is 10.2. The number of piperidine rings is 1. The van der Waals surface area contributed by atoms with Crippen LogP contribution in [0.3, 0.4) is 0 Å². The van der Waals surface area contributed by atoms with Gasteiger partial charge in [0.05, 0.1) is 5.92 Å². The predicted molar refractivity (Wildman–Crippen MR) is 118 cm³/mol. The van der Waals surface area contributed by atoms with Gasteiger partial charge in [-0.2, -0.15) is 4.58 Å². The second-order valence-corrected chi connectivity index (χ2v) is 11.5. The smallest absolute Gasteiger partial charge is 0.387 e. The topological polar surface area (TPSA) is 49.2 Å². The lowest BCUT2D eigenvalue weighted by atomic mass is 9.50. The molecule has 4 heteroatoms. The van der Waals surface area contributed by atoms with Crippen molar-refractivity contribution in [1.29, 1.82) is 0 Å². The minimum Gasteiger partial charge on any atom is -0.387 e. The molecule has 1 saturated heterocycles. The lowest BCUT2D eigenvalue weighted by molar-refractivity contribution is -0.490. The molecule has 0 aromatic carbocycles. The van der Waals surface area contributed by atoms with Crippen LogP contribution in [0.4, 0.5) is 0 Å². The first kappa shape index (κ1) is 20.5. The molecule has 1 amide bonds. The zero-order chi connectivity index (χ0) is 21.1. The molecule has 164 valence electrons. The summed E-state index contributed by atoms with van der Waals surface area (Å²) < 4.78 is 1.90. The monoisotopic (exact) mass is 411 g/mol. The first-order chi connectivity index (χ1) is 14.3. The van der Waals surface area contributed by atoms with Crippen LogP contribution >= 0.6 is 0 Å². The number of rotatable bonds is 2. The Morgan fingerprint density at radius 2 is 1.83 bits per heavy atom. The molecule has 0 aromatic heterocycles. The van der Waals surface area contributed by atoms with Crippen LogP contribution in [0.15, 0.2) is 11.8 Å². The zero-order valence-corrected chi connectivity index (χ0v) is 18.9. The van der Waals surface area contributed by atoms with Gasteiger partial charge in [-0.3, -0.25) is 4.79 Å². The molecule has 0 radical (unpaired) electrons. The van der Waals surface area contributed by atoms with Gasteiger partial charge in [-0.05, 0) is 68.1 Å². The summed E-state index contributed by atoms with van der Waals surface area (Å²) in [6, 6.07) is 0.355. The van der Waals surface area contributed by atoms with Gasteiger partial charge >= 0.3 is 5.91 Å². The average Bonchev–Trinajstić information content (AvgIpc) is 3.11. The minimum atomic E-state index is 0.104. The normalized spacial score (nSPS) is 43.7. The Balaban J connectivity index is 1.36. The van der Waals surface area contributed by atoms with Gasteiger partial charge in [0.1, 0.15) is 6.72 Å². The molecule has 1 N–H and O–H groups in total. The molecule has 0 aromatic rings. The van der Waals surface area contributed by atoms with Crippen LogP contribution < -0.4 is 5.32 Å². The molecule has 4 fully saturated rings. The van der Waals surface area contributed by atoms with E-state index in [1.807, 2.05) is 10.7 Å². The predicted octanol–water partition coefficient (Wildman–Crippen LogP) is 4.47. The summed E-state index contributed by atoms with van der Waals surface area (Å²) >= 11 is 0. The van der Waals surface area contributed by atoms with Crippen molar-refractivity contribution < 1.29 is 14.2 Å². The molecule has 4 aliphatic carbocycles. The highest BCUT2D eigenvalue weighted by Crippen LogP contribution is 2.64. The van der Waals surface area contributed by atoms with Crippen LogP contribution in [0.2, 0.25) is 0 Å². The molecule has 3 saturated carbocycles. The molecule has 1 heterocycles. The fourth-order valence-corrected chi connectivity index (χ4v) is 8.32. The maximum Gasteiger partial charge on any atom is 0.390 e. The van der Waals surface area contributed by atoms with Crippen molar-refractivity contribution in [2.45, 2.75) is 90.5 Å². The molecule has 4 nitrogen and oxygen atoms in total. The molecule has 0 spiro atoms. The molecule has 5 aliphatic rings. The van der Waals surface area contributed by atoms with E-state index < -0.39 is 0 Å². The van der Waals surface area contributed by atoms with Crippen molar-refractivity contribution in [1.82, 2.24) is 5.32 Å². The summed E-state index contributed by atoms with van der Waals surface area (Å²) in [5.41, 5.74) is 1.41. The lowest BCUT2D eigenvalue weighted by Crippen LogP contribution is -2.57. The molecule has 5 rings (SSSR count). The van der Waals surface area contributed by atoms with Crippen molar-refractivity contribution in [3.8, 4) is 0 Å². The number of carbonyl (C=O) groups is 2. The SMILES string of the molecule is C=[N+](C(=O)[C@H]1CC[C@H]2[C@@H]3CNC4=CC(=O)CC[C@]4(C)[C@H]3CC[C@]12C)C1CCCCC1. The summed E-state index contributed by atoms with van der Waals surface area (Å²) in [6.45, 7) is 10.0. The number of fused-ring (bicyclic) bond motifs is 5. The van der Waals surface area contributed by atoms with Gasteiger partial charge in [0.25, 0.3) is 0 Å². The number of nitrogens with one attached hydrogen (secondary N) is 1. The average molecular weight is 412 g/mol. The maximum absolute atomic E-state index is 13.6. The minimum absolute atomic E-state index is 0.104. The van der Waals surface area contributed by atoms with Gasteiger partial charge in [0.2, 0.25) is 0 Å². The first-order valence-electron chi connectivity index (χ1n) is 12.5. The van der Waals surface area contributed by atoms with Gasteiger partial charge in [-0.1, -0.05) is 20.3 Å². The van der Waals surface area contributed by atoms with Crippen LogP contribution in [0.25, 0.3) is 0 Å². The third kappa shape index (κ3) is 2.96. The lowest BCUT2D eigenvalue weighted by Gasteiger charge is -2.57. The molecule has 1 aliphatic heterocycles. The Morgan fingerprint density at radius 1 is 1.07 bits per heavy atom. The van der Waals surface area contributed by atoms with Crippen molar-refractivity contribution in [2.75, 3.05) is 6.54 Å². The van der Waals surface area contributed by atoms with Gasteiger partial charge in [-0.15, -0.1) is 0 Å². The van der Waals surface area contributed by atoms with Crippen LogP contribution in [0.1, 0.15) is 84.5 Å². The van der Waals surface area contributed by atoms with E-state index in [2.05, 4.69) is 25.9 Å². The van der Waals surface area contributed by atoms with Gasteiger partial charge in [0.15, 0.2) is 11.8 Å². The Labute approximate surface area is 181 Å². The van der Waals surface area contributed by atoms with E-state index in [1.165, 1.54) is 37.8 Å². The van der Waals surface area contributed by atoms with Crippen LogP contribution in [0.5, 0.6) is 0 Å². The number of allylic oxidation sites excluding steroid dienone is 2. The number of nitrogens with zero attached hydrogens (tertiary/aromatic N) is 1. The Bertz CT molecular complexity index is 795. The summed E-state index contributed by atoms with van der Waals surface area (Å²) in [5.74, 6) is 2.60. The van der Waals surface area contributed by atoms with E-state index in [-0.39, 0.29) is 22.5 Å². The molecule has 6 atom stereocenters. The van der Waals surface area contributed by atoms with Gasteiger partial charge in [0, 0.05) is 43.0 Å².